The Labute approximate surface area is 97.4 Å². The lowest BCUT2D eigenvalue weighted by Gasteiger charge is -2.21. The summed E-state index contributed by atoms with van der Waals surface area (Å²) >= 11 is 0. The molecule has 2 N–H and O–H groups in total. The Bertz CT molecular complexity index is 310. The second-order valence-corrected chi connectivity index (χ2v) is 5.62. The molecule has 0 spiro atoms. The van der Waals surface area contributed by atoms with E-state index >= 15 is 0 Å². The fourth-order valence-corrected chi connectivity index (χ4v) is 3.49. The van der Waals surface area contributed by atoms with E-state index in [2.05, 4.69) is 29.6 Å². The highest BCUT2D eigenvalue weighted by Gasteiger charge is 2.35. The van der Waals surface area contributed by atoms with Crippen LogP contribution in [-0.2, 0) is 0 Å². The summed E-state index contributed by atoms with van der Waals surface area (Å²) < 4.78 is 0. The van der Waals surface area contributed by atoms with Crippen molar-refractivity contribution in [1.29, 1.82) is 0 Å². The minimum Gasteiger partial charge on any atom is -0.396 e. The summed E-state index contributed by atoms with van der Waals surface area (Å²) in [5.74, 6) is 2.96. The van der Waals surface area contributed by atoms with Crippen molar-refractivity contribution < 1.29 is 5.11 Å². The summed E-state index contributed by atoms with van der Waals surface area (Å²) in [7, 11) is 0. The molecule has 0 aromatic rings. The van der Waals surface area contributed by atoms with Crippen LogP contribution < -0.4 is 5.32 Å². The highest BCUT2D eigenvalue weighted by atomic mass is 16.3. The SMILES string of the molecule is OC[C@H]1C=C[C@@H](NC[C@H]2C[C@H]3C=C[C@H]2C3)C1. The van der Waals surface area contributed by atoms with Gasteiger partial charge in [-0.15, -0.1) is 0 Å². The average molecular weight is 219 g/mol. The maximum atomic E-state index is 9.06. The molecular weight excluding hydrogens is 198 g/mol. The largest absolute Gasteiger partial charge is 0.396 e. The maximum absolute atomic E-state index is 9.06. The lowest BCUT2D eigenvalue weighted by atomic mass is 9.93. The Kier molecular flexibility index (Phi) is 2.86. The van der Waals surface area contributed by atoms with Gasteiger partial charge in [0.15, 0.2) is 0 Å². The van der Waals surface area contributed by atoms with Crippen molar-refractivity contribution in [1.82, 2.24) is 5.32 Å². The van der Waals surface area contributed by atoms with E-state index in [-0.39, 0.29) is 0 Å². The lowest BCUT2D eigenvalue weighted by molar-refractivity contribution is 0.245. The van der Waals surface area contributed by atoms with E-state index < -0.39 is 0 Å². The van der Waals surface area contributed by atoms with Gasteiger partial charge in [-0.1, -0.05) is 24.3 Å². The molecule has 3 aliphatic rings. The molecule has 1 fully saturated rings. The van der Waals surface area contributed by atoms with Gasteiger partial charge in [0.05, 0.1) is 0 Å². The van der Waals surface area contributed by atoms with Gasteiger partial charge < -0.3 is 10.4 Å². The Morgan fingerprint density at radius 2 is 2.00 bits per heavy atom. The minimum absolute atomic E-state index is 0.297. The van der Waals surface area contributed by atoms with Crippen LogP contribution in [0.5, 0.6) is 0 Å². The van der Waals surface area contributed by atoms with Gasteiger partial charge in [-0.25, -0.2) is 0 Å². The van der Waals surface area contributed by atoms with Gasteiger partial charge in [0.1, 0.15) is 0 Å². The molecule has 0 aromatic carbocycles. The van der Waals surface area contributed by atoms with Gasteiger partial charge in [0.25, 0.3) is 0 Å². The summed E-state index contributed by atoms with van der Waals surface area (Å²) in [6.45, 7) is 1.45. The molecule has 3 rings (SSSR count). The molecule has 16 heavy (non-hydrogen) atoms. The Balaban J connectivity index is 1.44. The standard InChI is InChI=1S/C14H21NO/c16-9-11-2-4-14(7-11)15-8-13-6-10-1-3-12(13)5-10/h1-4,10-16H,5-9H2/t10-,11-,12-,13+,14+/m0/s1. The Morgan fingerprint density at radius 1 is 1.06 bits per heavy atom. The van der Waals surface area contributed by atoms with E-state index in [1.807, 2.05) is 0 Å². The molecule has 0 heterocycles. The summed E-state index contributed by atoms with van der Waals surface area (Å²) in [6, 6.07) is 0.500. The molecule has 2 bridgehead atoms. The van der Waals surface area contributed by atoms with Crippen LogP contribution in [-0.4, -0.2) is 24.3 Å². The first-order valence-electron chi connectivity index (χ1n) is 6.56. The first kappa shape index (κ1) is 10.5. The molecule has 5 atom stereocenters. The summed E-state index contributed by atoms with van der Waals surface area (Å²) in [5.41, 5.74) is 0. The predicted octanol–water partition coefficient (Wildman–Crippen LogP) is 1.73. The zero-order valence-corrected chi connectivity index (χ0v) is 9.68. The predicted molar refractivity (Wildman–Crippen MR) is 65.0 cm³/mol. The van der Waals surface area contributed by atoms with Crippen LogP contribution in [0, 0.1) is 23.7 Å². The van der Waals surface area contributed by atoms with E-state index in [0.717, 1.165) is 30.7 Å². The number of aliphatic hydroxyl groups is 1. The first-order valence-corrected chi connectivity index (χ1v) is 6.56. The minimum atomic E-state index is 0.297. The molecule has 0 aromatic heterocycles. The van der Waals surface area contributed by atoms with E-state index in [0.29, 0.717) is 18.6 Å². The second kappa shape index (κ2) is 4.34. The number of nitrogens with one attached hydrogen (secondary N) is 1. The van der Waals surface area contributed by atoms with Gasteiger partial charge in [-0.2, -0.15) is 0 Å². The average Bonchev–Trinajstić information content (AvgIpc) is 3.02. The third kappa shape index (κ3) is 1.96. The number of allylic oxidation sites excluding steroid dienone is 2. The monoisotopic (exact) mass is 219 g/mol. The smallest absolute Gasteiger partial charge is 0.0494 e. The highest BCUT2D eigenvalue weighted by Crippen LogP contribution is 2.43. The number of rotatable bonds is 4. The molecule has 1 saturated carbocycles. The van der Waals surface area contributed by atoms with Crippen molar-refractivity contribution in [2.45, 2.75) is 25.3 Å². The van der Waals surface area contributed by atoms with Gasteiger partial charge in [-0.3, -0.25) is 0 Å². The lowest BCUT2D eigenvalue weighted by Crippen LogP contribution is -2.33. The van der Waals surface area contributed by atoms with Crippen LogP contribution in [0.25, 0.3) is 0 Å². The van der Waals surface area contributed by atoms with Crippen LogP contribution in [0.1, 0.15) is 19.3 Å². The molecule has 0 aliphatic heterocycles. The van der Waals surface area contributed by atoms with Gasteiger partial charge in [0.2, 0.25) is 0 Å². The van der Waals surface area contributed by atoms with Crippen LogP contribution in [0.15, 0.2) is 24.3 Å². The van der Waals surface area contributed by atoms with Crippen molar-refractivity contribution in [3.8, 4) is 0 Å². The molecule has 0 radical (unpaired) electrons. The van der Waals surface area contributed by atoms with Crippen molar-refractivity contribution in [2.75, 3.05) is 13.2 Å². The summed E-state index contributed by atoms with van der Waals surface area (Å²) in [4.78, 5) is 0. The number of aliphatic hydroxyl groups excluding tert-OH is 1. The van der Waals surface area contributed by atoms with Crippen LogP contribution in [0.4, 0.5) is 0 Å². The van der Waals surface area contributed by atoms with E-state index in [9.17, 15) is 0 Å². The highest BCUT2D eigenvalue weighted by molar-refractivity contribution is 5.11. The molecule has 2 heteroatoms. The van der Waals surface area contributed by atoms with Crippen LogP contribution in [0.3, 0.4) is 0 Å². The van der Waals surface area contributed by atoms with E-state index in [1.54, 1.807) is 0 Å². The Morgan fingerprint density at radius 3 is 2.62 bits per heavy atom. The van der Waals surface area contributed by atoms with E-state index in [1.165, 1.54) is 12.8 Å². The van der Waals surface area contributed by atoms with Gasteiger partial charge in [0, 0.05) is 18.6 Å². The molecule has 0 saturated heterocycles. The number of hydrogen-bond donors (Lipinski definition) is 2. The van der Waals surface area contributed by atoms with Crippen LogP contribution in [0.2, 0.25) is 0 Å². The Hall–Kier alpha value is -0.600. The summed E-state index contributed by atoms with van der Waals surface area (Å²) in [5, 5.41) is 12.7. The topological polar surface area (TPSA) is 32.3 Å². The van der Waals surface area contributed by atoms with Gasteiger partial charge >= 0.3 is 0 Å². The molecule has 0 unspecified atom stereocenters. The quantitative estimate of drug-likeness (QED) is 0.706. The molecule has 3 aliphatic carbocycles. The normalized spacial score (nSPS) is 44.7. The van der Waals surface area contributed by atoms with Crippen molar-refractivity contribution in [3.05, 3.63) is 24.3 Å². The molecule has 88 valence electrons. The van der Waals surface area contributed by atoms with Gasteiger partial charge in [-0.05, 0) is 43.6 Å². The number of fused-ring (bicyclic) bond motifs is 2. The fraction of sp³-hybridized carbons (Fsp3) is 0.714. The van der Waals surface area contributed by atoms with Crippen molar-refractivity contribution in [3.63, 3.8) is 0 Å². The zero-order chi connectivity index (χ0) is 11.0. The molecular formula is C14H21NO. The molecule has 2 nitrogen and oxygen atoms in total. The third-order valence-electron chi connectivity index (χ3n) is 4.47. The first-order chi connectivity index (χ1) is 7.85. The van der Waals surface area contributed by atoms with Crippen LogP contribution >= 0.6 is 0 Å². The van der Waals surface area contributed by atoms with E-state index in [4.69, 9.17) is 5.11 Å². The second-order valence-electron chi connectivity index (χ2n) is 5.62. The number of hydrogen-bond acceptors (Lipinski definition) is 2. The zero-order valence-electron chi connectivity index (χ0n) is 9.68. The third-order valence-corrected chi connectivity index (χ3v) is 4.47. The van der Waals surface area contributed by atoms with Crippen molar-refractivity contribution in [2.24, 2.45) is 23.7 Å². The maximum Gasteiger partial charge on any atom is 0.0494 e. The van der Waals surface area contributed by atoms with Crippen molar-refractivity contribution >= 4 is 0 Å². The summed E-state index contributed by atoms with van der Waals surface area (Å²) in [6.07, 6.45) is 13.1. The fourth-order valence-electron chi connectivity index (χ4n) is 3.49. The molecule has 0 amide bonds.